The minimum Gasteiger partial charge on any atom is -0.330 e. The van der Waals surface area contributed by atoms with E-state index in [9.17, 15) is 13.2 Å². The topological polar surface area (TPSA) is 56.7 Å². The van der Waals surface area contributed by atoms with Crippen LogP contribution < -0.4 is 5.73 Å². The number of halogens is 3. The van der Waals surface area contributed by atoms with Gasteiger partial charge in [0, 0.05) is 18.5 Å². The maximum atomic E-state index is 13.1. The fourth-order valence-electron chi connectivity index (χ4n) is 2.72. The quantitative estimate of drug-likeness (QED) is 0.926. The van der Waals surface area contributed by atoms with Gasteiger partial charge in [-0.3, -0.25) is 0 Å². The Bertz CT molecular complexity index is 648. The van der Waals surface area contributed by atoms with Crippen molar-refractivity contribution in [3.63, 3.8) is 0 Å². The van der Waals surface area contributed by atoms with Crippen LogP contribution >= 0.6 is 0 Å². The SMILES string of the molecule is NCC1CCn2c(nnc2-c2ccccc2C(F)(F)F)C1. The summed E-state index contributed by atoms with van der Waals surface area (Å²) in [6.07, 6.45) is -2.90. The van der Waals surface area contributed by atoms with Crippen LogP contribution in [0, 0.1) is 5.92 Å². The highest BCUT2D eigenvalue weighted by Gasteiger charge is 2.35. The van der Waals surface area contributed by atoms with Gasteiger partial charge in [-0.05, 0) is 24.9 Å². The lowest BCUT2D eigenvalue weighted by Crippen LogP contribution is -2.26. The predicted molar refractivity (Wildman–Crippen MR) is 71.3 cm³/mol. The lowest BCUT2D eigenvalue weighted by atomic mass is 9.97. The lowest BCUT2D eigenvalue weighted by Gasteiger charge is -2.22. The van der Waals surface area contributed by atoms with Crippen molar-refractivity contribution in [1.82, 2.24) is 14.8 Å². The molecule has 21 heavy (non-hydrogen) atoms. The molecule has 2 N–H and O–H groups in total. The van der Waals surface area contributed by atoms with Gasteiger partial charge in [-0.15, -0.1) is 10.2 Å². The molecule has 0 radical (unpaired) electrons. The van der Waals surface area contributed by atoms with E-state index in [2.05, 4.69) is 10.2 Å². The van der Waals surface area contributed by atoms with Crippen LogP contribution in [0.25, 0.3) is 11.4 Å². The van der Waals surface area contributed by atoms with Gasteiger partial charge in [-0.25, -0.2) is 0 Å². The predicted octanol–water partition coefficient (Wildman–Crippen LogP) is 2.49. The molecule has 112 valence electrons. The van der Waals surface area contributed by atoms with Gasteiger partial charge < -0.3 is 10.3 Å². The standard InChI is InChI=1S/C14H15F3N4/c15-14(16,17)11-4-2-1-3-10(11)13-20-19-12-7-9(8-18)5-6-21(12)13/h1-4,9H,5-8,18H2. The molecule has 1 aromatic carbocycles. The van der Waals surface area contributed by atoms with Gasteiger partial charge in [-0.2, -0.15) is 13.2 Å². The number of aromatic nitrogens is 3. The van der Waals surface area contributed by atoms with Crippen LogP contribution in [0.4, 0.5) is 13.2 Å². The Balaban J connectivity index is 2.06. The van der Waals surface area contributed by atoms with E-state index in [1.54, 1.807) is 10.6 Å². The number of nitrogens with two attached hydrogens (primary N) is 1. The summed E-state index contributed by atoms with van der Waals surface area (Å²) < 4.78 is 41.1. The maximum Gasteiger partial charge on any atom is 0.417 e. The number of rotatable bonds is 2. The van der Waals surface area contributed by atoms with Gasteiger partial charge in [0.2, 0.25) is 0 Å². The van der Waals surface area contributed by atoms with Crippen LogP contribution in [0.3, 0.4) is 0 Å². The molecule has 0 aliphatic carbocycles. The van der Waals surface area contributed by atoms with E-state index in [-0.39, 0.29) is 11.4 Å². The molecule has 2 aromatic rings. The fourth-order valence-corrected chi connectivity index (χ4v) is 2.72. The van der Waals surface area contributed by atoms with E-state index in [1.807, 2.05) is 0 Å². The van der Waals surface area contributed by atoms with Crippen molar-refractivity contribution in [2.24, 2.45) is 11.7 Å². The summed E-state index contributed by atoms with van der Waals surface area (Å²) in [4.78, 5) is 0. The molecule has 0 saturated carbocycles. The highest BCUT2D eigenvalue weighted by molar-refractivity contribution is 5.61. The first kappa shape index (κ1) is 14.1. The molecule has 3 rings (SSSR count). The van der Waals surface area contributed by atoms with Crippen LogP contribution in [0.1, 0.15) is 17.8 Å². The van der Waals surface area contributed by atoms with Crippen molar-refractivity contribution < 1.29 is 13.2 Å². The zero-order valence-electron chi connectivity index (χ0n) is 11.3. The number of fused-ring (bicyclic) bond motifs is 1. The summed E-state index contributed by atoms with van der Waals surface area (Å²) in [6, 6.07) is 5.47. The molecule has 1 aliphatic heterocycles. The van der Waals surface area contributed by atoms with Crippen LogP contribution in [0.5, 0.6) is 0 Å². The zero-order chi connectivity index (χ0) is 15.0. The smallest absolute Gasteiger partial charge is 0.330 e. The molecule has 0 fully saturated rings. The molecule has 1 unspecified atom stereocenters. The average Bonchev–Trinajstić information content (AvgIpc) is 2.89. The van der Waals surface area contributed by atoms with E-state index >= 15 is 0 Å². The molecule has 0 amide bonds. The van der Waals surface area contributed by atoms with Crippen molar-refractivity contribution in [3.05, 3.63) is 35.7 Å². The minimum absolute atomic E-state index is 0.0787. The summed E-state index contributed by atoms with van der Waals surface area (Å²) in [6.45, 7) is 1.16. The van der Waals surface area contributed by atoms with Crippen LogP contribution in [-0.4, -0.2) is 21.3 Å². The summed E-state index contributed by atoms with van der Waals surface area (Å²) >= 11 is 0. The second-order valence-corrected chi connectivity index (χ2v) is 5.23. The van der Waals surface area contributed by atoms with Crippen molar-refractivity contribution in [2.75, 3.05) is 6.54 Å². The van der Waals surface area contributed by atoms with Gasteiger partial charge in [0.25, 0.3) is 0 Å². The second kappa shape index (κ2) is 5.14. The third-order valence-electron chi connectivity index (χ3n) is 3.87. The van der Waals surface area contributed by atoms with E-state index in [4.69, 9.17) is 5.73 Å². The van der Waals surface area contributed by atoms with E-state index < -0.39 is 11.7 Å². The Morgan fingerprint density at radius 2 is 2.00 bits per heavy atom. The third kappa shape index (κ3) is 2.53. The fraction of sp³-hybridized carbons (Fsp3) is 0.429. The first-order chi connectivity index (χ1) is 10.0. The summed E-state index contributed by atoms with van der Waals surface area (Å²) in [7, 11) is 0. The van der Waals surface area contributed by atoms with E-state index in [0.717, 1.165) is 12.5 Å². The summed E-state index contributed by atoms with van der Waals surface area (Å²) in [5.74, 6) is 1.32. The molecule has 1 atom stereocenters. The molecule has 1 aromatic heterocycles. The number of benzene rings is 1. The van der Waals surface area contributed by atoms with Crippen molar-refractivity contribution in [1.29, 1.82) is 0 Å². The van der Waals surface area contributed by atoms with Gasteiger partial charge >= 0.3 is 6.18 Å². The molecule has 0 bridgehead atoms. The molecule has 0 saturated heterocycles. The van der Waals surface area contributed by atoms with Crippen LogP contribution in [-0.2, 0) is 19.1 Å². The number of nitrogens with zero attached hydrogens (tertiary/aromatic N) is 3. The molecule has 4 nitrogen and oxygen atoms in total. The molecule has 0 spiro atoms. The Labute approximate surface area is 119 Å². The van der Waals surface area contributed by atoms with Gasteiger partial charge in [0.15, 0.2) is 5.82 Å². The number of hydrogen-bond donors (Lipinski definition) is 1. The number of alkyl halides is 3. The van der Waals surface area contributed by atoms with Crippen LogP contribution in [0.2, 0.25) is 0 Å². The molecule has 1 aliphatic rings. The monoisotopic (exact) mass is 296 g/mol. The van der Waals surface area contributed by atoms with Crippen molar-refractivity contribution in [3.8, 4) is 11.4 Å². The van der Waals surface area contributed by atoms with Crippen LogP contribution in [0.15, 0.2) is 24.3 Å². The Kier molecular flexibility index (Phi) is 3.44. The Hall–Kier alpha value is -1.89. The zero-order valence-corrected chi connectivity index (χ0v) is 11.3. The molecule has 2 heterocycles. The molecular weight excluding hydrogens is 281 g/mol. The highest BCUT2D eigenvalue weighted by atomic mass is 19.4. The van der Waals surface area contributed by atoms with Gasteiger partial charge in [0.05, 0.1) is 5.56 Å². The van der Waals surface area contributed by atoms with Gasteiger partial charge in [-0.1, -0.05) is 18.2 Å². The number of hydrogen-bond acceptors (Lipinski definition) is 3. The van der Waals surface area contributed by atoms with E-state index in [1.165, 1.54) is 12.1 Å². The second-order valence-electron chi connectivity index (χ2n) is 5.23. The highest BCUT2D eigenvalue weighted by Crippen LogP contribution is 2.37. The first-order valence-electron chi connectivity index (χ1n) is 6.79. The first-order valence-corrected chi connectivity index (χ1v) is 6.79. The minimum atomic E-state index is -4.41. The summed E-state index contributed by atoms with van der Waals surface area (Å²) in [5, 5.41) is 8.03. The Morgan fingerprint density at radius 3 is 2.71 bits per heavy atom. The van der Waals surface area contributed by atoms with E-state index in [0.29, 0.717) is 31.3 Å². The molecule has 7 heteroatoms. The average molecular weight is 296 g/mol. The van der Waals surface area contributed by atoms with Crippen molar-refractivity contribution >= 4 is 0 Å². The largest absolute Gasteiger partial charge is 0.417 e. The third-order valence-corrected chi connectivity index (χ3v) is 3.87. The Morgan fingerprint density at radius 1 is 1.24 bits per heavy atom. The van der Waals surface area contributed by atoms with Gasteiger partial charge in [0.1, 0.15) is 5.82 Å². The maximum absolute atomic E-state index is 13.1. The molecular formula is C14H15F3N4. The normalized spacial score (nSPS) is 18.6. The van der Waals surface area contributed by atoms with Crippen molar-refractivity contribution in [2.45, 2.75) is 25.6 Å². The summed E-state index contributed by atoms with van der Waals surface area (Å²) in [5.41, 5.74) is 5.05. The lowest BCUT2D eigenvalue weighted by molar-refractivity contribution is -0.137.